The first kappa shape index (κ1) is 7.67. The van der Waals surface area contributed by atoms with Gasteiger partial charge in [0.25, 0.3) is 5.91 Å². The first-order valence-corrected chi connectivity index (χ1v) is 4.73. The van der Waals surface area contributed by atoms with E-state index in [0.717, 1.165) is 18.1 Å². The minimum atomic E-state index is -0.395. The summed E-state index contributed by atoms with van der Waals surface area (Å²) < 4.78 is 0. The second kappa shape index (κ2) is 2.82. The molecule has 0 bridgehead atoms. The number of amides is 1. The molecule has 12 heavy (non-hydrogen) atoms. The van der Waals surface area contributed by atoms with Crippen LogP contribution in [0.25, 0.3) is 0 Å². The average molecular weight is 183 g/mol. The third kappa shape index (κ3) is 1.10. The van der Waals surface area contributed by atoms with Crippen molar-refractivity contribution in [1.82, 2.24) is 5.32 Å². The highest BCUT2D eigenvalue weighted by molar-refractivity contribution is 8.00. The first-order chi connectivity index (χ1) is 5.79. The molecule has 1 unspecified atom stereocenters. The van der Waals surface area contributed by atoms with Crippen LogP contribution in [0.5, 0.6) is 0 Å². The Morgan fingerprint density at radius 1 is 1.83 bits per heavy atom. The van der Waals surface area contributed by atoms with E-state index in [-0.39, 0.29) is 0 Å². The van der Waals surface area contributed by atoms with Crippen molar-refractivity contribution in [3.8, 4) is 0 Å². The highest BCUT2D eigenvalue weighted by Gasteiger charge is 2.27. The van der Waals surface area contributed by atoms with Crippen LogP contribution in [0.4, 0.5) is 0 Å². The molecule has 1 fully saturated rings. The largest absolute Gasteiger partial charge is 0.378 e. The minimum Gasteiger partial charge on any atom is -0.378 e. The van der Waals surface area contributed by atoms with Crippen LogP contribution in [0.1, 0.15) is 0 Å². The predicted molar refractivity (Wildman–Crippen MR) is 49.0 cm³/mol. The second-order valence-electron chi connectivity index (χ2n) is 2.66. The van der Waals surface area contributed by atoms with Crippen molar-refractivity contribution in [3.63, 3.8) is 0 Å². The fraction of sp³-hybridized carbons (Fsp3) is 0.429. The normalized spacial score (nSPS) is 26.8. The summed E-state index contributed by atoms with van der Waals surface area (Å²) >= 11 is 1.76. The van der Waals surface area contributed by atoms with Crippen LogP contribution in [0.15, 0.2) is 16.3 Å². The fourth-order valence-electron chi connectivity index (χ4n) is 1.34. The van der Waals surface area contributed by atoms with Crippen LogP contribution < -0.4 is 11.1 Å². The average Bonchev–Trinajstić information content (AvgIpc) is 2.49. The quantitative estimate of drug-likeness (QED) is 0.574. The van der Waals surface area contributed by atoms with Gasteiger partial charge in [0.05, 0.1) is 23.2 Å². The van der Waals surface area contributed by atoms with E-state index >= 15 is 0 Å². The molecule has 2 aliphatic heterocycles. The van der Waals surface area contributed by atoms with Gasteiger partial charge in [0.15, 0.2) is 0 Å². The summed E-state index contributed by atoms with van der Waals surface area (Å²) in [5.41, 5.74) is 6.68. The number of carbonyl (C=O) groups excluding carboxylic acids is 1. The van der Waals surface area contributed by atoms with Gasteiger partial charge >= 0.3 is 0 Å². The van der Waals surface area contributed by atoms with Crippen LogP contribution in [-0.4, -0.2) is 29.8 Å². The van der Waals surface area contributed by atoms with Gasteiger partial charge in [0.2, 0.25) is 0 Å². The first-order valence-electron chi connectivity index (χ1n) is 3.68. The van der Waals surface area contributed by atoms with E-state index in [9.17, 15) is 4.79 Å². The maximum absolute atomic E-state index is 10.9. The van der Waals surface area contributed by atoms with Crippen molar-refractivity contribution in [2.45, 2.75) is 5.25 Å². The van der Waals surface area contributed by atoms with Crippen molar-refractivity contribution in [1.29, 1.82) is 0 Å². The summed E-state index contributed by atoms with van der Waals surface area (Å²) in [4.78, 5) is 15.0. The van der Waals surface area contributed by atoms with Crippen LogP contribution in [0.2, 0.25) is 0 Å². The standard InChI is InChI=1S/C7H9N3OS/c8-7(11)4-1-9-2-5-6(4)10-3-12-5/h1,5,10H,2-3H2,(H2,8,11). The van der Waals surface area contributed by atoms with Crippen LogP contribution in [-0.2, 0) is 4.79 Å². The number of nitrogens with one attached hydrogen (secondary N) is 1. The molecule has 0 radical (unpaired) electrons. The SMILES string of the molecule is NC(=O)C1=C2NCSC2CN=C1. The zero-order valence-electron chi connectivity index (χ0n) is 6.41. The zero-order chi connectivity index (χ0) is 8.55. The van der Waals surface area contributed by atoms with Crippen LogP contribution in [0.3, 0.4) is 0 Å². The summed E-state index contributed by atoms with van der Waals surface area (Å²) in [6.45, 7) is 0.754. The number of hydrogen-bond acceptors (Lipinski definition) is 4. The number of thioether (sulfide) groups is 1. The van der Waals surface area contributed by atoms with Gasteiger partial charge in [-0.25, -0.2) is 0 Å². The van der Waals surface area contributed by atoms with E-state index in [1.807, 2.05) is 0 Å². The predicted octanol–water partition coefficient (Wildman–Crippen LogP) is -0.527. The van der Waals surface area contributed by atoms with Crippen molar-refractivity contribution in [2.75, 3.05) is 12.4 Å². The van der Waals surface area contributed by atoms with Gasteiger partial charge in [0.1, 0.15) is 0 Å². The number of carbonyl (C=O) groups is 1. The van der Waals surface area contributed by atoms with E-state index in [4.69, 9.17) is 5.73 Å². The third-order valence-corrected chi connectivity index (χ3v) is 3.01. The number of primary amides is 1. The van der Waals surface area contributed by atoms with Gasteiger partial charge in [-0.15, -0.1) is 11.8 Å². The molecule has 0 saturated carbocycles. The lowest BCUT2D eigenvalue weighted by molar-refractivity contribution is -0.114. The Balaban J connectivity index is 2.38. The van der Waals surface area contributed by atoms with Crippen LogP contribution in [0, 0.1) is 0 Å². The Kier molecular flexibility index (Phi) is 1.80. The molecule has 2 rings (SSSR count). The molecule has 0 spiro atoms. The number of dihydropyridines is 1. The number of nitrogens with two attached hydrogens (primary N) is 1. The Bertz CT molecular complexity index is 284. The molecule has 1 atom stereocenters. The molecule has 1 saturated heterocycles. The van der Waals surface area contributed by atoms with Crippen LogP contribution >= 0.6 is 11.8 Å². The molecule has 1 amide bonds. The van der Waals surface area contributed by atoms with Gasteiger partial charge in [-0.05, 0) is 0 Å². The van der Waals surface area contributed by atoms with Gasteiger partial charge in [-0.1, -0.05) is 0 Å². The number of fused-ring (bicyclic) bond motifs is 1. The number of rotatable bonds is 1. The zero-order valence-corrected chi connectivity index (χ0v) is 7.23. The van der Waals surface area contributed by atoms with Gasteiger partial charge in [0, 0.05) is 11.9 Å². The molecular weight excluding hydrogens is 174 g/mol. The Morgan fingerprint density at radius 3 is 3.42 bits per heavy atom. The second-order valence-corrected chi connectivity index (χ2v) is 3.85. The van der Waals surface area contributed by atoms with E-state index in [1.165, 1.54) is 0 Å². The summed E-state index contributed by atoms with van der Waals surface area (Å²) in [5, 5.41) is 3.46. The van der Waals surface area contributed by atoms with Crippen molar-refractivity contribution in [2.24, 2.45) is 10.7 Å². The summed E-state index contributed by atoms with van der Waals surface area (Å²) in [5.74, 6) is 0.452. The third-order valence-electron chi connectivity index (χ3n) is 1.92. The smallest absolute Gasteiger partial charge is 0.252 e. The molecule has 64 valence electrons. The summed E-state index contributed by atoms with van der Waals surface area (Å²) in [6, 6.07) is 0. The van der Waals surface area contributed by atoms with E-state index in [1.54, 1.807) is 18.0 Å². The minimum absolute atomic E-state index is 0.317. The molecular formula is C7H9N3OS. The van der Waals surface area contributed by atoms with E-state index in [0.29, 0.717) is 10.8 Å². The number of hydrogen-bond donors (Lipinski definition) is 2. The van der Waals surface area contributed by atoms with Crippen molar-refractivity contribution in [3.05, 3.63) is 11.3 Å². The topological polar surface area (TPSA) is 67.5 Å². The highest BCUT2D eigenvalue weighted by Crippen LogP contribution is 2.28. The lowest BCUT2D eigenvalue weighted by atomic mass is 10.1. The molecule has 0 aromatic heterocycles. The fourth-order valence-corrected chi connectivity index (χ4v) is 2.34. The molecule has 5 heteroatoms. The Labute approximate surface area is 74.3 Å². The molecule has 2 aliphatic rings. The van der Waals surface area contributed by atoms with Crippen molar-refractivity contribution < 1.29 is 4.79 Å². The number of aliphatic imine (C=N–C) groups is 1. The van der Waals surface area contributed by atoms with Gasteiger partial charge < -0.3 is 11.1 Å². The summed E-state index contributed by atoms with van der Waals surface area (Å²) in [6.07, 6.45) is 1.56. The monoisotopic (exact) mass is 183 g/mol. The summed E-state index contributed by atoms with van der Waals surface area (Å²) in [7, 11) is 0. The van der Waals surface area contributed by atoms with Gasteiger partial charge in [-0.2, -0.15) is 0 Å². The lowest BCUT2D eigenvalue weighted by Crippen LogP contribution is -2.27. The van der Waals surface area contributed by atoms with E-state index < -0.39 is 5.91 Å². The molecule has 3 N–H and O–H groups in total. The lowest BCUT2D eigenvalue weighted by Gasteiger charge is -2.14. The maximum atomic E-state index is 10.9. The molecule has 0 aromatic rings. The van der Waals surface area contributed by atoms with Crippen molar-refractivity contribution >= 4 is 23.9 Å². The highest BCUT2D eigenvalue weighted by atomic mass is 32.2. The van der Waals surface area contributed by atoms with E-state index in [2.05, 4.69) is 10.3 Å². The Hall–Kier alpha value is -0.970. The Morgan fingerprint density at radius 2 is 2.67 bits per heavy atom. The molecule has 0 aromatic carbocycles. The number of nitrogens with zero attached hydrogens (tertiary/aromatic N) is 1. The molecule has 2 heterocycles. The van der Waals surface area contributed by atoms with Gasteiger partial charge in [-0.3, -0.25) is 9.79 Å². The molecule has 4 nitrogen and oxygen atoms in total. The maximum Gasteiger partial charge on any atom is 0.252 e. The molecule has 0 aliphatic carbocycles.